The first-order chi connectivity index (χ1) is 10.1. The van der Waals surface area contributed by atoms with Crippen LogP contribution in [0.15, 0.2) is 28.8 Å². The minimum Gasteiger partial charge on any atom is -0.496 e. The maximum absolute atomic E-state index is 6.30. The molecule has 0 bridgehead atoms. The second kappa shape index (κ2) is 5.48. The van der Waals surface area contributed by atoms with E-state index in [0.29, 0.717) is 11.7 Å². The quantitative estimate of drug-likeness (QED) is 0.939. The van der Waals surface area contributed by atoms with Crippen LogP contribution in [0.5, 0.6) is 5.75 Å². The molecule has 1 aromatic heterocycles. The average molecular weight is 287 g/mol. The number of methoxy groups -OCH3 is 1. The van der Waals surface area contributed by atoms with Crippen molar-refractivity contribution >= 4 is 0 Å². The van der Waals surface area contributed by atoms with E-state index in [1.54, 1.807) is 7.11 Å². The van der Waals surface area contributed by atoms with Crippen molar-refractivity contribution in [1.29, 1.82) is 0 Å². The smallest absolute Gasteiger partial charge is 0.234 e. The summed E-state index contributed by atoms with van der Waals surface area (Å²) in [5.41, 5.74) is 6.90. The lowest BCUT2D eigenvalue weighted by Gasteiger charge is -2.35. The van der Waals surface area contributed by atoms with E-state index in [1.807, 2.05) is 24.3 Å². The summed E-state index contributed by atoms with van der Waals surface area (Å²) < 4.78 is 10.9. The van der Waals surface area contributed by atoms with Gasteiger partial charge in [0.1, 0.15) is 5.75 Å². The number of para-hydroxylation sites is 1. The number of ether oxygens (including phenoxy) is 1. The Labute approximate surface area is 124 Å². The van der Waals surface area contributed by atoms with Crippen LogP contribution < -0.4 is 10.5 Å². The zero-order chi connectivity index (χ0) is 14.9. The van der Waals surface area contributed by atoms with Crippen LogP contribution in [0.4, 0.5) is 0 Å². The van der Waals surface area contributed by atoms with Gasteiger partial charge in [0, 0.05) is 6.04 Å². The molecule has 3 rings (SSSR count). The lowest BCUT2D eigenvalue weighted by Crippen LogP contribution is -2.45. The maximum Gasteiger partial charge on any atom is 0.234 e. The molecule has 0 saturated heterocycles. The minimum atomic E-state index is -0.231. The molecular weight excluding hydrogens is 266 g/mol. The average Bonchev–Trinajstić information content (AvgIpc) is 3.00. The molecule has 1 saturated carbocycles. The van der Waals surface area contributed by atoms with Gasteiger partial charge in [-0.05, 0) is 31.9 Å². The van der Waals surface area contributed by atoms with E-state index >= 15 is 0 Å². The number of hydrogen-bond donors (Lipinski definition) is 1. The van der Waals surface area contributed by atoms with Gasteiger partial charge in [0.05, 0.1) is 18.1 Å². The molecule has 0 spiro atoms. The third-order valence-electron chi connectivity index (χ3n) is 4.54. The van der Waals surface area contributed by atoms with E-state index in [2.05, 4.69) is 17.1 Å². The molecule has 0 amide bonds. The van der Waals surface area contributed by atoms with E-state index < -0.39 is 0 Å². The number of hydrogen-bond acceptors (Lipinski definition) is 5. The lowest BCUT2D eigenvalue weighted by molar-refractivity contribution is 0.203. The van der Waals surface area contributed by atoms with Gasteiger partial charge in [0.2, 0.25) is 11.7 Å². The van der Waals surface area contributed by atoms with Crippen LogP contribution >= 0.6 is 0 Å². The van der Waals surface area contributed by atoms with Crippen molar-refractivity contribution < 1.29 is 9.26 Å². The normalized spacial score (nSPS) is 25.8. The Morgan fingerprint density at radius 3 is 2.90 bits per heavy atom. The molecule has 0 aliphatic heterocycles. The molecule has 0 radical (unpaired) electrons. The van der Waals surface area contributed by atoms with Crippen molar-refractivity contribution in [2.45, 2.75) is 44.1 Å². The van der Waals surface area contributed by atoms with Crippen LogP contribution in [0.2, 0.25) is 0 Å². The van der Waals surface area contributed by atoms with Gasteiger partial charge >= 0.3 is 0 Å². The highest BCUT2D eigenvalue weighted by molar-refractivity contribution is 5.63. The third-order valence-corrected chi connectivity index (χ3v) is 4.54. The van der Waals surface area contributed by atoms with Crippen molar-refractivity contribution in [1.82, 2.24) is 10.1 Å². The summed E-state index contributed by atoms with van der Waals surface area (Å²) in [5, 5.41) is 4.13. The zero-order valence-corrected chi connectivity index (χ0v) is 12.5. The van der Waals surface area contributed by atoms with Gasteiger partial charge in [-0.1, -0.05) is 30.1 Å². The molecular formula is C16H21N3O2. The number of nitrogens with zero attached hydrogens (tertiary/aromatic N) is 2. The lowest BCUT2D eigenvalue weighted by atomic mass is 9.72. The molecule has 2 N–H and O–H groups in total. The Morgan fingerprint density at radius 1 is 1.33 bits per heavy atom. The maximum atomic E-state index is 6.30. The van der Waals surface area contributed by atoms with Gasteiger partial charge in [-0.3, -0.25) is 0 Å². The van der Waals surface area contributed by atoms with Gasteiger partial charge in [0.25, 0.3) is 0 Å². The molecule has 1 heterocycles. The summed E-state index contributed by atoms with van der Waals surface area (Å²) in [6.45, 7) is 2.12. The monoisotopic (exact) mass is 287 g/mol. The Bertz CT molecular complexity index is 625. The standard InChI is InChI=1S/C16H21N3O2/c1-16(10-6-5-9-13(16)17)15-18-14(19-21-15)11-7-3-4-8-12(11)20-2/h3-4,7-8,13H,5-6,9-10,17H2,1-2H3. The van der Waals surface area contributed by atoms with Gasteiger partial charge < -0.3 is 15.0 Å². The SMILES string of the molecule is COc1ccccc1-c1noc(C2(C)CCCCC2N)n1. The first-order valence-electron chi connectivity index (χ1n) is 7.38. The highest BCUT2D eigenvalue weighted by atomic mass is 16.5. The number of rotatable bonds is 3. The third kappa shape index (κ3) is 2.42. The Hall–Kier alpha value is -1.88. The molecule has 1 aliphatic carbocycles. The minimum absolute atomic E-state index is 0.0669. The van der Waals surface area contributed by atoms with Crippen LogP contribution in [0.3, 0.4) is 0 Å². The summed E-state index contributed by atoms with van der Waals surface area (Å²) in [4.78, 5) is 4.60. The molecule has 5 heteroatoms. The highest BCUT2D eigenvalue weighted by Gasteiger charge is 2.40. The largest absolute Gasteiger partial charge is 0.496 e. The van der Waals surface area contributed by atoms with Crippen molar-refractivity contribution in [3.63, 3.8) is 0 Å². The van der Waals surface area contributed by atoms with Gasteiger partial charge in [-0.2, -0.15) is 4.98 Å². The summed E-state index contributed by atoms with van der Waals surface area (Å²) in [6, 6.07) is 7.73. The van der Waals surface area contributed by atoms with Crippen LogP contribution in [0.1, 0.15) is 38.5 Å². The molecule has 1 aromatic carbocycles. The molecule has 1 fully saturated rings. The second-order valence-electron chi connectivity index (χ2n) is 5.89. The molecule has 21 heavy (non-hydrogen) atoms. The van der Waals surface area contributed by atoms with E-state index in [0.717, 1.165) is 30.6 Å². The van der Waals surface area contributed by atoms with E-state index in [4.69, 9.17) is 15.0 Å². The van der Waals surface area contributed by atoms with E-state index in [9.17, 15) is 0 Å². The predicted octanol–water partition coefficient (Wildman–Crippen LogP) is 2.90. The number of benzene rings is 1. The fourth-order valence-corrected chi connectivity index (χ4v) is 3.02. The fraction of sp³-hybridized carbons (Fsp3) is 0.500. The predicted molar refractivity (Wildman–Crippen MR) is 80.1 cm³/mol. The van der Waals surface area contributed by atoms with Gasteiger partial charge in [-0.15, -0.1) is 0 Å². The Balaban J connectivity index is 1.96. The van der Waals surface area contributed by atoms with Gasteiger partial charge in [-0.25, -0.2) is 0 Å². The van der Waals surface area contributed by atoms with E-state index in [1.165, 1.54) is 6.42 Å². The topological polar surface area (TPSA) is 74.2 Å². The van der Waals surface area contributed by atoms with Crippen molar-refractivity contribution in [2.75, 3.05) is 7.11 Å². The second-order valence-corrected chi connectivity index (χ2v) is 5.89. The van der Waals surface area contributed by atoms with Crippen molar-refractivity contribution in [3.05, 3.63) is 30.2 Å². The summed E-state index contributed by atoms with van der Waals surface area (Å²) >= 11 is 0. The van der Waals surface area contributed by atoms with Crippen molar-refractivity contribution in [2.24, 2.45) is 5.73 Å². The van der Waals surface area contributed by atoms with Crippen LogP contribution in [0, 0.1) is 0 Å². The van der Waals surface area contributed by atoms with Crippen LogP contribution in [-0.2, 0) is 5.41 Å². The Kier molecular flexibility index (Phi) is 3.68. The van der Waals surface area contributed by atoms with E-state index in [-0.39, 0.29) is 11.5 Å². The van der Waals surface area contributed by atoms with Crippen molar-refractivity contribution in [3.8, 4) is 17.1 Å². The van der Waals surface area contributed by atoms with Crippen LogP contribution in [-0.4, -0.2) is 23.3 Å². The van der Waals surface area contributed by atoms with Crippen LogP contribution in [0.25, 0.3) is 11.4 Å². The molecule has 2 atom stereocenters. The zero-order valence-electron chi connectivity index (χ0n) is 12.5. The first kappa shape index (κ1) is 14.1. The summed E-state index contributed by atoms with van der Waals surface area (Å²) in [5.74, 6) is 1.93. The number of nitrogens with two attached hydrogens (primary N) is 1. The van der Waals surface area contributed by atoms with Gasteiger partial charge in [0.15, 0.2) is 0 Å². The molecule has 2 aromatic rings. The molecule has 5 nitrogen and oxygen atoms in total. The highest BCUT2D eigenvalue weighted by Crippen LogP contribution is 2.38. The Morgan fingerprint density at radius 2 is 2.14 bits per heavy atom. The first-order valence-corrected chi connectivity index (χ1v) is 7.38. The number of aromatic nitrogens is 2. The molecule has 1 aliphatic rings. The summed E-state index contributed by atoms with van der Waals surface area (Å²) in [7, 11) is 1.64. The molecule has 2 unspecified atom stereocenters. The fourth-order valence-electron chi connectivity index (χ4n) is 3.02. The summed E-state index contributed by atoms with van der Waals surface area (Å²) in [6.07, 6.45) is 4.31. The molecule has 112 valence electrons.